The van der Waals surface area contributed by atoms with Gasteiger partial charge in [-0.25, -0.2) is 24.5 Å². The fraction of sp³-hybridized carbons (Fsp3) is 0.409. The number of aromatic nitrogens is 4. The Hall–Kier alpha value is -3.01. The number of anilines is 1. The van der Waals surface area contributed by atoms with E-state index in [0.29, 0.717) is 15.9 Å². The zero-order chi connectivity index (χ0) is 23.8. The summed E-state index contributed by atoms with van der Waals surface area (Å²) in [5, 5.41) is 0. The number of carbonyl (C=O) groups is 2. The monoisotopic (exact) mass is 503 g/mol. The molecule has 0 atom stereocenters. The molecular formula is C22H26BrN5O4. The molecule has 2 heterocycles. The van der Waals surface area contributed by atoms with Crippen molar-refractivity contribution in [1.29, 1.82) is 0 Å². The van der Waals surface area contributed by atoms with Crippen LogP contribution in [0, 0.1) is 6.92 Å². The number of aromatic amines is 1. The van der Waals surface area contributed by atoms with Crippen molar-refractivity contribution in [2.45, 2.75) is 59.7 Å². The van der Waals surface area contributed by atoms with Crippen LogP contribution >= 0.6 is 15.9 Å². The van der Waals surface area contributed by atoms with Crippen molar-refractivity contribution in [3.05, 3.63) is 34.6 Å². The topological polar surface area (TPSA) is 110 Å². The molecule has 0 aliphatic carbocycles. The highest BCUT2D eigenvalue weighted by Gasteiger charge is 2.36. The van der Waals surface area contributed by atoms with E-state index >= 15 is 0 Å². The minimum absolute atomic E-state index is 0.0625. The molecule has 3 aromatic rings. The molecule has 0 bridgehead atoms. The quantitative estimate of drug-likeness (QED) is 0.472. The number of carbonyl (C=O) groups excluding carboxylic acids is 2. The summed E-state index contributed by atoms with van der Waals surface area (Å²) < 4.78 is 11.3. The molecule has 2 amide bonds. The van der Waals surface area contributed by atoms with Gasteiger partial charge in [0.25, 0.3) is 0 Å². The van der Waals surface area contributed by atoms with Crippen LogP contribution in [0.3, 0.4) is 0 Å². The molecule has 2 aromatic heterocycles. The van der Waals surface area contributed by atoms with Crippen LogP contribution in [-0.2, 0) is 9.47 Å². The van der Waals surface area contributed by atoms with Crippen LogP contribution in [0.1, 0.15) is 47.1 Å². The number of ether oxygens (including phenoxy) is 2. The fourth-order valence-corrected chi connectivity index (χ4v) is 3.06. The second-order valence-electron chi connectivity index (χ2n) is 9.27. The third kappa shape index (κ3) is 5.61. The first-order valence-corrected chi connectivity index (χ1v) is 10.8. The maximum Gasteiger partial charge on any atom is 0.425 e. The zero-order valence-electron chi connectivity index (χ0n) is 19.1. The Kier molecular flexibility index (Phi) is 6.28. The highest BCUT2D eigenvalue weighted by Crippen LogP contribution is 2.31. The van der Waals surface area contributed by atoms with E-state index in [1.807, 2.05) is 25.1 Å². The van der Waals surface area contributed by atoms with Crippen LogP contribution in [0.15, 0.2) is 29.0 Å². The lowest BCUT2D eigenvalue weighted by molar-refractivity contribution is 0.0429. The predicted molar refractivity (Wildman–Crippen MR) is 125 cm³/mol. The molecule has 0 unspecified atom stereocenters. The molecular weight excluding hydrogens is 478 g/mol. The first-order chi connectivity index (χ1) is 14.7. The Labute approximate surface area is 194 Å². The van der Waals surface area contributed by atoms with Crippen molar-refractivity contribution in [3.63, 3.8) is 0 Å². The van der Waals surface area contributed by atoms with E-state index < -0.39 is 23.4 Å². The summed E-state index contributed by atoms with van der Waals surface area (Å²) >= 11 is 3.30. The normalized spacial score (nSPS) is 12.0. The fourth-order valence-electron chi connectivity index (χ4n) is 2.78. The molecule has 0 saturated heterocycles. The Bertz CT molecular complexity index is 1150. The van der Waals surface area contributed by atoms with Gasteiger partial charge in [0.2, 0.25) is 0 Å². The number of nitrogens with zero attached hydrogens (tertiary/aromatic N) is 4. The summed E-state index contributed by atoms with van der Waals surface area (Å²) in [6.45, 7) is 12.2. The molecule has 0 aliphatic heterocycles. The van der Waals surface area contributed by atoms with Crippen molar-refractivity contribution in [1.82, 2.24) is 19.9 Å². The Morgan fingerprint density at radius 1 is 1.00 bits per heavy atom. The van der Waals surface area contributed by atoms with E-state index in [-0.39, 0.29) is 11.5 Å². The van der Waals surface area contributed by atoms with Gasteiger partial charge < -0.3 is 14.5 Å². The molecule has 1 N–H and O–H groups in total. The Morgan fingerprint density at radius 2 is 1.59 bits per heavy atom. The molecule has 170 valence electrons. The van der Waals surface area contributed by atoms with Crippen LogP contribution in [0.2, 0.25) is 0 Å². The number of hydrogen-bond donors (Lipinski definition) is 1. The van der Waals surface area contributed by atoms with Gasteiger partial charge >= 0.3 is 12.2 Å². The van der Waals surface area contributed by atoms with E-state index in [4.69, 9.17) is 9.47 Å². The molecule has 1 aromatic carbocycles. The Morgan fingerprint density at radius 3 is 2.16 bits per heavy atom. The minimum Gasteiger partial charge on any atom is -0.443 e. The number of amides is 2. The largest absolute Gasteiger partial charge is 0.443 e. The van der Waals surface area contributed by atoms with Crippen LogP contribution in [0.5, 0.6) is 0 Å². The summed E-state index contributed by atoms with van der Waals surface area (Å²) in [6, 6.07) is 5.75. The Balaban J connectivity index is 2.17. The van der Waals surface area contributed by atoms with Gasteiger partial charge in [0.15, 0.2) is 17.3 Å². The molecule has 3 rings (SSSR count). The number of fused-ring (bicyclic) bond motifs is 1. The summed E-state index contributed by atoms with van der Waals surface area (Å²) in [5.41, 5.74) is 1.03. The molecule has 9 nitrogen and oxygen atoms in total. The number of benzene rings is 1. The summed E-state index contributed by atoms with van der Waals surface area (Å²) in [7, 11) is 0. The molecule has 0 spiro atoms. The number of nitrogens with one attached hydrogen (secondary N) is 1. The van der Waals surface area contributed by atoms with E-state index in [9.17, 15) is 9.59 Å². The average Bonchev–Trinajstić information content (AvgIpc) is 3.03. The van der Waals surface area contributed by atoms with Crippen molar-refractivity contribution in [2.75, 3.05) is 4.90 Å². The first kappa shape index (κ1) is 23.6. The third-order valence-corrected chi connectivity index (χ3v) is 4.33. The summed E-state index contributed by atoms with van der Waals surface area (Å²) in [5.74, 6) is 0.277. The second-order valence-corrected chi connectivity index (χ2v) is 10.1. The van der Waals surface area contributed by atoms with Gasteiger partial charge in [-0.2, -0.15) is 4.90 Å². The minimum atomic E-state index is -0.934. The van der Waals surface area contributed by atoms with Gasteiger partial charge in [-0.3, -0.25) is 0 Å². The number of halogens is 1. The summed E-state index contributed by atoms with van der Waals surface area (Å²) in [4.78, 5) is 43.4. The van der Waals surface area contributed by atoms with Gasteiger partial charge in [-0.05, 0) is 82.1 Å². The molecule has 0 saturated carbocycles. The van der Waals surface area contributed by atoms with Crippen LogP contribution < -0.4 is 4.90 Å². The molecule has 0 fully saturated rings. The number of hydrogen-bond acceptors (Lipinski definition) is 7. The van der Waals surface area contributed by atoms with Gasteiger partial charge in [0, 0.05) is 0 Å². The third-order valence-electron chi connectivity index (χ3n) is 3.95. The highest BCUT2D eigenvalue weighted by molar-refractivity contribution is 9.10. The number of H-pyrrole nitrogens is 1. The van der Waals surface area contributed by atoms with Crippen LogP contribution in [-0.4, -0.2) is 43.3 Å². The van der Waals surface area contributed by atoms with Crippen molar-refractivity contribution >= 4 is 45.0 Å². The van der Waals surface area contributed by atoms with Crippen molar-refractivity contribution in [2.24, 2.45) is 0 Å². The first-order valence-electron chi connectivity index (χ1n) is 9.99. The second kappa shape index (κ2) is 8.50. The molecule has 10 heteroatoms. The van der Waals surface area contributed by atoms with Crippen LogP contribution in [0.4, 0.5) is 15.4 Å². The van der Waals surface area contributed by atoms with Crippen molar-refractivity contribution < 1.29 is 19.1 Å². The van der Waals surface area contributed by atoms with Crippen LogP contribution in [0.25, 0.3) is 22.6 Å². The predicted octanol–water partition coefficient (Wildman–Crippen LogP) is 5.77. The van der Waals surface area contributed by atoms with Gasteiger partial charge in [0.05, 0.1) is 17.2 Å². The maximum absolute atomic E-state index is 13.1. The molecule has 0 aliphatic rings. The van der Waals surface area contributed by atoms with Gasteiger partial charge in [-0.1, -0.05) is 6.07 Å². The van der Waals surface area contributed by atoms with E-state index in [2.05, 4.69) is 35.9 Å². The number of aryl methyl sites for hydroxylation is 1. The number of imide groups is 1. The van der Waals surface area contributed by atoms with Gasteiger partial charge in [0.1, 0.15) is 15.8 Å². The van der Waals surface area contributed by atoms with Crippen molar-refractivity contribution in [3.8, 4) is 11.5 Å². The number of rotatable bonds is 2. The lowest BCUT2D eigenvalue weighted by atomic mass is 10.2. The maximum atomic E-state index is 13.1. The molecule has 0 radical (unpaired) electrons. The lowest BCUT2D eigenvalue weighted by Crippen LogP contribution is -2.44. The lowest BCUT2D eigenvalue weighted by Gasteiger charge is -2.28. The summed E-state index contributed by atoms with van der Waals surface area (Å²) in [6.07, 6.45) is -0.485. The average molecular weight is 504 g/mol. The van der Waals surface area contributed by atoms with E-state index in [0.717, 1.165) is 16.0 Å². The number of imidazole rings is 1. The highest BCUT2D eigenvalue weighted by atomic mass is 79.9. The molecule has 32 heavy (non-hydrogen) atoms. The van der Waals surface area contributed by atoms with Gasteiger partial charge in [-0.15, -0.1) is 0 Å². The smallest absolute Gasteiger partial charge is 0.425 e. The van der Waals surface area contributed by atoms with E-state index in [1.54, 1.807) is 41.5 Å². The SMILES string of the molecule is Cc1ccc2nc(-c3nc(Br)cnc3N(C(=O)OC(C)(C)C)C(=O)OC(C)(C)C)[nH]c2c1. The standard InChI is InChI=1S/C22H26BrN5O4/c1-12-8-9-13-14(10-12)26-17(25-13)16-18(24-11-15(23)27-16)28(19(29)31-21(2,3)4)20(30)32-22(5,6)7/h8-11H,1-7H3,(H,25,26). The van der Waals surface area contributed by atoms with E-state index in [1.165, 1.54) is 6.20 Å². The zero-order valence-corrected chi connectivity index (χ0v) is 20.7.